The van der Waals surface area contributed by atoms with Gasteiger partial charge >= 0.3 is 0 Å². The molecule has 0 heterocycles. The Labute approximate surface area is 78.1 Å². The first kappa shape index (κ1) is 8.24. The number of hydrogen-bond acceptors (Lipinski definition) is 1. The average Bonchev–Trinajstić information content (AvgIpc) is 2.72. The van der Waals surface area contributed by atoms with Crippen LogP contribution in [0.4, 0.5) is 0 Å². The van der Waals surface area contributed by atoms with E-state index >= 15 is 0 Å². The normalized spacial score (nSPS) is 42.9. The van der Waals surface area contributed by atoms with E-state index in [9.17, 15) is 4.79 Å². The van der Waals surface area contributed by atoms with E-state index in [-0.39, 0.29) is 0 Å². The Morgan fingerprint density at radius 3 is 2.08 bits per heavy atom. The maximum Gasteiger partial charge on any atom is 0.142 e. The van der Waals surface area contributed by atoms with Gasteiger partial charge in [-0.25, -0.2) is 0 Å². The second-order valence-electron chi connectivity index (χ2n) is 3.41. The standard InChI is InChI=1S/C12H12O/c13-9-5-8-12-10-6-3-1-2-4-7-11(10)12/h1-12H/b2-1-,6-3-,7-4-,8-5+. The first-order valence-electron chi connectivity index (χ1n) is 4.57. The van der Waals surface area contributed by atoms with Crippen molar-refractivity contribution >= 4 is 6.29 Å². The molecule has 1 fully saturated rings. The molecule has 0 radical (unpaired) electrons. The summed E-state index contributed by atoms with van der Waals surface area (Å²) in [4.78, 5) is 10.1. The van der Waals surface area contributed by atoms with Crippen LogP contribution < -0.4 is 0 Å². The van der Waals surface area contributed by atoms with E-state index in [1.54, 1.807) is 6.08 Å². The Kier molecular flexibility index (Phi) is 2.26. The average molecular weight is 172 g/mol. The highest BCUT2D eigenvalue weighted by molar-refractivity contribution is 5.65. The van der Waals surface area contributed by atoms with E-state index in [1.807, 2.05) is 18.2 Å². The lowest BCUT2D eigenvalue weighted by Crippen LogP contribution is -1.72. The monoisotopic (exact) mass is 172 g/mol. The molecule has 0 aromatic heterocycles. The summed E-state index contributed by atoms with van der Waals surface area (Å²) in [5, 5.41) is 0. The Balaban J connectivity index is 2.07. The van der Waals surface area contributed by atoms with Crippen molar-refractivity contribution in [3.05, 3.63) is 48.6 Å². The number of allylic oxidation sites excluding steroid dienone is 8. The lowest BCUT2D eigenvalue weighted by atomic mass is 10.2. The van der Waals surface area contributed by atoms with Gasteiger partial charge in [-0.3, -0.25) is 4.79 Å². The van der Waals surface area contributed by atoms with Gasteiger partial charge < -0.3 is 0 Å². The van der Waals surface area contributed by atoms with E-state index < -0.39 is 0 Å². The van der Waals surface area contributed by atoms with Crippen molar-refractivity contribution in [1.29, 1.82) is 0 Å². The van der Waals surface area contributed by atoms with Gasteiger partial charge in [0, 0.05) is 0 Å². The molecule has 0 aliphatic heterocycles. The summed E-state index contributed by atoms with van der Waals surface area (Å²) in [6.07, 6.45) is 17.1. The molecule has 1 nitrogen and oxygen atoms in total. The topological polar surface area (TPSA) is 17.1 Å². The summed E-state index contributed by atoms with van der Waals surface area (Å²) in [5.41, 5.74) is 0. The van der Waals surface area contributed by atoms with Crippen LogP contribution in [-0.2, 0) is 4.79 Å². The van der Waals surface area contributed by atoms with Crippen LogP contribution >= 0.6 is 0 Å². The van der Waals surface area contributed by atoms with Crippen LogP contribution in [0.3, 0.4) is 0 Å². The maximum absolute atomic E-state index is 10.1. The molecular weight excluding hydrogens is 160 g/mol. The van der Waals surface area contributed by atoms with Crippen LogP contribution in [0.5, 0.6) is 0 Å². The zero-order valence-electron chi connectivity index (χ0n) is 7.34. The Hall–Kier alpha value is -1.37. The van der Waals surface area contributed by atoms with E-state index in [1.165, 1.54) is 0 Å². The summed E-state index contributed by atoms with van der Waals surface area (Å²) >= 11 is 0. The van der Waals surface area contributed by atoms with Crippen molar-refractivity contribution in [1.82, 2.24) is 0 Å². The van der Waals surface area contributed by atoms with E-state index in [2.05, 4.69) is 24.3 Å². The van der Waals surface area contributed by atoms with Crippen molar-refractivity contribution in [3.63, 3.8) is 0 Å². The Bertz CT molecular complexity index is 285. The molecule has 1 heteroatoms. The van der Waals surface area contributed by atoms with E-state index in [0.29, 0.717) is 17.8 Å². The number of rotatable bonds is 2. The van der Waals surface area contributed by atoms with Gasteiger partial charge in [-0.05, 0) is 23.8 Å². The molecule has 2 aliphatic rings. The first-order chi connectivity index (χ1) is 6.43. The van der Waals surface area contributed by atoms with Gasteiger partial charge in [-0.2, -0.15) is 0 Å². The fraction of sp³-hybridized carbons (Fsp3) is 0.250. The molecule has 0 spiro atoms. The molecule has 0 aromatic carbocycles. The van der Waals surface area contributed by atoms with Gasteiger partial charge in [0.05, 0.1) is 0 Å². The van der Waals surface area contributed by atoms with Crippen molar-refractivity contribution in [3.8, 4) is 0 Å². The number of hydrogen-bond donors (Lipinski definition) is 0. The smallest absolute Gasteiger partial charge is 0.142 e. The van der Waals surface area contributed by atoms with Crippen LogP contribution in [-0.4, -0.2) is 6.29 Å². The summed E-state index contributed by atoms with van der Waals surface area (Å²) in [7, 11) is 0. The fourth-order valence-corrected chi connectivity index (χ4v) is 1.84. The van der Waals surface area contributed by atoms with Crippen LogP contribution in [0.25, 0.3) is 0 Å². The minimum absolute atomic E-state index is 0.539. The number of carbonyl (C=O) groups excluding carboxylic acids is 1. The Morgan fingerprint density at radius 2 is 1.54 bits per heavy atom. The first-order valence-corrected chi connectivity index (χ1v) is 4.57. The molecule has 1 saturated carbocycles. The second-order valence-corrected chi connectivity index (χ2v) is 3.41. The Morgan fingerprint density at radius 1 is 0.923 bits per heavy atom. The predicted molar refractivity (Wildman–Crippen MR) is 53.1 cm³/mol. The SMILES string of the molecule is O=C/C=C/C1C2\C=C/C=C\C=C/C21. The third kappa shape index (κ3) is 1.69. The van der Waals surface area contributed by atoms with Gasteiger partial charge in [-0.15, -0.1) is 0 Å². The number of carbonyl (C=O) groups is 1. The summed E-state index contributed by atoms with van der Waals surface area (Å²) < 4.78 is 0. The van der Waals surface area contributed by atoms with Gasteiger partial charge in [0.2, 0.25) is 0 Å². The summed E-state index contributed by atoms with van der Waals surface area (Å²) in [6.45, 7) is 0. The quantitative estimate of drug-likeness (QED) is 0.461. The molecule has 2 rings (SSSR count). The van der Waals surface area contributed by atoms with Gasteiger partial charge in [-0.1, -0.05) is 42.5 Å². The summed E-state index contributed by atoms with van der Waals surface area (Å²) in [5.74, 6) is 1.76. The molecule has 66 valence electrons. The van der Waals surface area contributed by atoms with Crippen molar-refractivity contribution in [2.45, 2.75) is 0 Å². The van der Waals surface area contributed by atoms with Crippen LogP contribution in [0.15, 0.2) is 48.6 Å². The van der Waals surface area contributed by atoms with Gasteiger partial charge in [0.25, 0.3) is 0 Å². The predicted octanol–water partition coefficient (Wildman–Crippen LogP) is 2.29. The van der Waals surface area contributed by atoms with Crippen molar-refractivity contribution in [2.75, 3.05) is 0 Å². The second kappa shape index (κ2) is 3.56. The number of fused-ring (bicyclic) bond motifs is 1. The lowest BCUT2D eigenvalue weighted by Gasteiger charge is -1.85. The lowest BCUT2D eigenvalue weighted by molar-refractivity contribution is -0.104. The highest BCUT2D eigenvalue weighted by Crippen LogP contribution is 2.49. The molecule has 0 N–H and O–H groups in total. The highest BCUT2D eigenvalue weighted by atomic mass is 16.1. The summed E-state index contributed by atoms with van der Waals surface area (Å²) in [6, 6.07) is 0. The van der Waals surface area contributed by atoms with Crippen LogP contribution in [0, 0.1) is 17.8 Å². The molecular formula is C12H12O. The number of aldehydes is 1. The fourth-order valence-electron chi connectivity index (χ4n) is 1.84. The molecule has 13 heavy (non-hydrogen) atoms. The van der Waals surface area contributed by atoms with Crippen molar-refractivity contribution < 1.29 is 4.79 Å². The molecule has 0 bridgehead atoms. The molecule has 2 aliphatic carbocycles. The molecule has 0 aromatic rings. The van der Waals surface area contributed by atoms with Crippen LogP contribution in [0.1, 0.15) is 0 Å². The zero-order valence-corrected chi connectivity index (χ0v) is 7.34. The van der Waals surface area contributed by atoms with Gasteiger partial charge in [0.1, 0.15) is 6.29 Å². The minimum Gasteiger partial charge on any atom is -0.299 e. The third-order valence-corrected chi connectivity index (χ3v) is 2.60. The molecule has 2 atom stereocenters. The largest absolute Gasteiger partial charge is 0.299 e. The van der Waals surface area contributed by atoms with E-state index in [0.717, 1.165) is 6.29 Å². The molecule has 0 saturated heterocycles. The third-order valence-electron chi connectivity index (χ3n) is 2.60. The molecule has 2 unspecified atom stereocenters. The highest BCUT2D eigenvalue weighted by Gasteiger charge is 2.44. The van der Waals surface area contributed by atoms with Crippen LogP contribution in [0.2, 0.25) is 0 Å². The van der Waals surface area contributed by atoms with E-state index in [4.69, 9.17) is 0 Å². The molecule has 0 amide bonds. The van der Waals surface area contributed by atoms with Crippen molar-refractivity contribution in [2.24, 2.45) is 17.8 Å². The minimum atomic E-state index is 0.539. The van der Waals surface area contributed by atoms with Gasteiger partial charge in [0.15, 0.2) is 0 Å². The maximum atomic E-state index is 10.1. The zero-order chi connectivity index (χ0) is 9.10.